The standard InChI is InChI=1S/C27H29N5O2/c1-27(2,3)20-13-11-19(12-14-20)23-10-7-15-31(23)24(33)17-30-18-28-25-22(26(30)34)16-29-32(25)21-8-5-4-6-9-21/h4-6,8-9,11-14,16,18,23H,7,10,15,17H2,1-3H3. The highest BCUT2D eigenvalue weighted by molar-refractivity contribution is 5.78. The maximum absolute atomic E-state index is 13.3. The van der Waals surface area contributed by atoms with E-state index in [9.17, 15) is 9.59 Å². The van der Waals surface area contributed by atoms with Crippen molar-refractivity contribution in [2.24, 2.45) is 0 Å². The molecule has 1 aliphatic rings. The summed E-state index contributed by atoms with van der Waals surface area (Å²) in [6.45, 7) is 7.24. The first-order chi connectivity index (χ1) is 16.3. The lowest BCUT2D eigenvalue weighted by molar-refractivity contribution is -0.132. The molecule has 1 amide bonds. The molecule has 34 heavy (non-hydrogen) atoms. The molecule has 1 unspecified atom stereocenters. The fourth-order valence-electron chi connectivity index (χ4n) is 4.67. The Morgan fingerprint density at radius 1 is 1.06 bits per heavy atom. The molecule has 7 nitrogen and oxygen atoms in total. The summed E-state index contributed by atoms with van der Waals surface area (Å²) in [5, 5.41) is 4.74. The first-order valence-electron chi connectivity index (χ1n) is 11.7. The van der Waals surface area contributed by atoms with E-state index in [1.807, 2.05) is 35.2 Å². The summed E-state index contributed by atoms with van der Waals surface area (Å²) >= 11 is 0. The van der Waals surface area contributed by atoms with Crippen LogP contribution in [0.4, 0.5) is 0 Å². The van der Waals surface area contributed by atoms with E-state index in [0.29, 0.717) is 17.6 Å². The van der Waals surface area contributed by atoms with Crippen molar-refractivity contribution in [2.45, 2.75) is 51.6 Å². The van der Waals surface area contributed by atoms with E-state index in [0.717, 1.165) is 24.1 Å². The molecule has 2 aromatic carbocycles. The van der Waals surface area contributed by atoms with Gasteiger partial charge in [0, 0.05) is 6.54 Å². The van der Waals surface area contributed by atoms with E-state index < -0.39 is 0 Å². The number of benzene rings is 2. The monoisotopic (exact) mass is 455 g/mol. The van der Waals surface area contributed by atoms with Crippen molar-refractivity contribution in [3.8, 4) is 5.69 Å². The van der Waals surface area contributed by atoms with Crippen molar-refractivity contribution in [3.05, 3.63) is 88.6 Å². The lowest BCUT2D eigenvalue weighted by Crippen LogP contribution is -2.36. The second-order valence-electron chi connectivity index (χ2n) is 9.92. The van der Waals surface area contributed by atoms with Crippen molar-refractivity contribution in [3.63, 3.8) is 0 Å². The number of amides is 1. The third-order valence-electron chi connectivity index (χ3n) is 6.60. The van der Waals surface area contributed by atoms with Crippen LogP contribution in [0.2, 0.25) is 0 Å². The van der Waals surface area contributed by atoms with Gasteiger partial charge in [-0.1, -0.05) is 63.2 Å². The fourth-order valence-corrected chi connectivity index (χ4v) is 4.67. The van der Waals surface area contributed by atoms with Crippen LogP contribution in [0.1, 0.15) is 50.8 Å². The highest BCUT2D eigenvalue weighted by Gasteiger charge is 2.30. The number of fused-ring (bicyclic) bond motifs is 1. The maximum Gasteiger partial charge on any atom is 0.264 e. The van der Waals surface area contributed by atoms with E-state index in [-0.39, 0.29) is 29.5 Å². The van der Waals surface area contributed by atoms with Gasteiger partial charge in [0.1, 0.15) is 18.3 Å². The Morgan fingerprint density at radius 2 is 1.79 bits per heavy atom. The first-order valence-corrected chi connectivity index (χ1v) is 11.7. The number of hydrogen-bond acceptors (Lipinski definition) is 4. The van der Waals surface area contributed by atoms with Crippen LogP contribution in [0, 0.1) is 0 Å². The number of carbonyl (C=O) groups is 1. The SMILES string of the molecule is CC(C)(C)c1ccc(C2CCCN2C(=O)Cn2cnc3c(cnn3-c3ccccc3)c2=O)cc1. The van der Waals surface area contributed by atoms with Gasteiger partial charge in [0.2, 0.25) is 5.91 Å². The molecule has 1 saturated heterocycles. The molecule has 1 fully saturated rings. The Morgan fingerprint density at radius 3 is 2.50 bits per heavy atom. The smallest absolute Gasteiger partial charge is 0.264 e. The van der Waals surface area contributed by atoms with E-state index in [1.165, 1.54) is 22.7 Å². The lowest BCUT2D eigenvalue weighted by atomic mass is 9.86. The minimum absolute atomic E-state index is 0.0329. The third-order valence-corrected chi connectivity index (χ3v) is 6.60. The Bertz CT molecular complexity index is 1380. The molecular weight excluding hydrogens is 426 g/mol. The van der Waals surface area contributed by atoms with Gasteiger partial charge >= 0.3 is 0 Å². The Balaban J connectivity index is 1.38. The average molecular weight is 456 g/mol. The number of aromatic nitrogens is 4. The van der Waals surface area contributed by atoms with E-state index in [2.05, 4.69) is 55.1 Å². The minimum Gasteiger partial charge on any atom is -0.334 e. The second-order valence-corrected chi connectivity index (χ2v) is 9.92. The molecule has 0 bridgehead atoms. The zero-order chi connectivity index (χ0) is 23.9. The molecule has 1 atom stereocenters. The fraction of sp³-hybridized carbons (Fsp3) is 0.333. The molecule has 0 N–H and O–H groups in total. The van der Waals surface area contributed by atoms with Crippen molar-refractivity contribution < 1.29 is 4.79 Å². The van der Waals surface area contributed by atoms with Gasteiger partial charge in [0.05, 0.1) is 17.9 Å². The van der Waals surface area contributed by atoms with Crippen LogP contribution < -0.4 is 5.56 Å². The van der Waals surface area contributed by atoms with Gasteiger partial charge in [-0.25, -0.2) is 9.67 Å². The molecule has 0 aliphatic carbocycles. The van der Waals surface area contributed by atoms with Gasteiger partial charge in [0.15, 0.2) is 5.65 Å². The summed E-state index contributed by atoms with van der Waals surface area (Å²) in [6.07, 6.45) is 4.85. The number of para-hydroxylation sites is 1. The summed E-state index contributed by atoms with van der Waals surface area (Å²) in [6, 6.07) is 18.2. The van der Waals surface area contributed by atoms with Gasteiger partial charge in [-0.15, -0.1) is 0 Å². The van der Waals surface area contributed by atoms with Crippen LogP contribution in [0.15, 0.2) is 71.9 Å². The summed E-state index contributed by atoms with van der Waals surface area (Å²) in [4.78, 5) is 32.7. The van der Waals surface area contributed by atoms with Crippen LogP contribution in [0.25, 0.3) is 16.7 Å². The number of carbonyl (C=O) groups excluding carboxylic acids is 1. The van der Waals surface area contributed by atoms with Crippen LogP contribution in [-0.2, 0) is 16.8 Å². The summed E-state index contributed by atoms with van der Waals surface area (Å²) in [7, 11) is 0. The lowest BCUT2D eigenvalue weighted by Gasteiger charge is -2.26. The molecule has 0 saturated carbocycles. The van der Waals surface area contributed by atoms with Crippen LogP contribution in [0.5, 0.6) is 0 Å². The zero-order valence-electron chi connectivity index (χ0n) is 19.8. The number of nitrogens with zero attached hydrogens (tertiary/aromatic N) is 5. The Labute approximate surface area is 198 Å². The van der Waals surface area contributed by atoms with Gasteiger partial charge in [0.25, 0.3) is 5.56 Å². The summed E-state index contributed by atoms with van der Waals surface area (Å²) < 4.78 is 3.03. The summed E-state index contributed by atoms with van der Waals surface area (Å²) in [5.74, 6) is -0.0684. The van der Waals surface area contributed by atoms with Gasteiger partial charge in [-0.3, -0.25) is 14.2 Å². The first kappa shape index (κ1) is 22.1. The van der Waals surface area contributed by atoms with Crippen LogP contribution >= 0.6 is 0 Å². The topological polar surface area (TPSA) is 73.0 Å². The molecule has 3 heterocycles. The molecule has 5 rings (SSSR count). The normalized spacial score (nSPS) is 16.3. The molecule has 174 valence electrons. The average Bonchev–Trinajstić information content (AvgIpc) is 3.49. The van der Waals surface area contributed by atoms with E-state index in [1.54, 1.807) is 4.68 Å². The van der Waals surface area contributed by atoms with Gasteiger partial charge in [-0.05, 0) is 41.5 Å². The van der Waals surface area contributed by atoms with Gasteiger partial charge in [-0.2, -0.15) is 5.10 Å². The predicted octanol–water partition coefficient (Wildman–Crippen LogP) is 4.24. The van der Waals surface area contributed by atoms with Crippen molar-refractivity contribution in [1.82, 2.24) is 24.2 Å². The Kier molecular flexibility index (Phi) is 5.55. The number of rotatable bonds is 4. The third kappa shape index (κ3) is 4.02. The Hall–Kier alpha value is -3.74. The molecule has 0 spiro atoms. The summed E-state index contributed by atoms with van der Waals surface area (Å²) in [5.41, 5.74) is 3.56. The number of hydrogen-bond donors (Lipinski definition) is 0. The van der Waals surface area contributed by atoms with Crippen molar-refractivity contribution in [1.29, 1.82) is 0 Å². The largest absolute Gasteiger partial charge is 0.334 e. The quantitative estimate of drug-likeness (QED) is 0.461. The van der Waals surface area contributed by atoms with Crippen LogP contribution in [0.3, 0.4) is 0 Å². The molecule has 7 heteroatoms. The maximum atomic E-state index is 13.3. The van der Waals surface area contributed by atoms with E-state index in [4.69, 9.17) is 0 Å². The molecule has 0 radical (unpaired) electrons. The molecule has 2 aromatic heterocycles. The zero-order valence-corrected chi connectivity index (χ0v) is 19.8. The molecule has 1 aliphatic heterocycles. The molecule has 4 aromatic rings. The predicted molar refractivity (Wildman–Crippen MR) is 132 cm³/mol. The minimum atomic E-state index is -0.259. The van der Waals surface area contributed by atoms with Crippen molar-refractivity contribution in [2.75, 3.05) is 6.54 Å². The van der Waals surface area contributed by atoms with Gasteiger partial charge < -0.3 is 4.90 Å². The van der Waals surface area contributed by atoms with E-state index >= 15 is 0 Å². The molecular formula is C27H29N5O2. The second kappa shape index (κ2) is 8.56. The van der Waals surface area contributed by atoms with Crippen LogP contribution in [-0.4, -0.2) is 36.7 Å². The highest BCUT2D eigenvalue weighted by Crippen LogP contribution is 2.33. The highest BCUT2D eigenvalue weighted by atomic mass is 16.2. The number of likely N-dealkylation sites (tertiary alicyclic amines) is 1. The van der Waals surface area contributed by atoms with Crippen molar-refractivity contribution >= 4 is 16.9 Å².